The average molecular weight is 356 g/mol. The van der Waals surface area contributed by atoms with E-state index in [1.807, 2.05) is 27.7 Å². The van der Waals surface area contributed by atoms with Crippen LogP contribution in [0.3, 0.4) is 0 Å². The van der Waals surface area contributed by atoms with E-state index in [1.165, 1.54) is 0 Å². The summed E-state index contributed by atoms with van der Waals surface area (Å²) in [5, 5.41) is 13.0. The van der Waals surface area contributed by atoms with E-state index in [-0.39, 0.29) is 28.2 Å². The molecule has 1 unspecified atom stereocenters. The number of phenolic OH excluding ortho intramolecular Hbond substituents is 1. The molecule has 0 aromatic heterocycles. The summed E-state index contributed by atoms with van der Waals surface area (Å²) in [5.41, 5.74) is 2.66. The van der Waals surface area contributed by atoms with Crippen LogP contribution in [0.4, 0.5) is 0 Å². The zero-order valence-corrected chi connectivity index (χ0v) is 14.0. The van der Waals surface area contributed by atoms with Crippen molar-refractivity contribution in [3.8, 4) is 11.5 Å². The van der Waals surface area contributed by atoms with E-state index in [2.05, 4.69) is 5.32 Å². The summed E-state index contributed by atoms with van der Waals surface area (Å²) in [5.74, 6) is 0.939. The Morgan fingerprint density at radius 1 is 1.20 bits per heavy atom. The van der Waals surface area contributed by atoms with Gasteiger partial charge in [-0.2, -0.15) is 0 Å². The van der Waals surface area contributed by atoms with Gasteiger partial charge in [0.05, 0.1) is 6.61 Å². The minimum atomic E-state index is -0.888. The van der Waals surface area contributed by atoms with Crippen LogP contribution in [0.2, 0.25) is 0 Å². The van der Waals surface area contributed by atoms with Crippen LogP contribution in [0.25, 0.3) is 0 Å². The second kappa shape index (κ2) is 9.66. The highest BCUT2D eigenvalue weighted by Crippen LogP contribution is 2.43. The summed E-state index contributed by atoms with van der Waals surface area (Å²) >= 11 is 0. The molecule has 1 atom stereocenters. The summed E-state index contributed by atoms with van der Waals surface area (Å²) in [6, 6.07) is 0. The molecule has 146 valence electrons. The lowest BCUT2D eigenvalue weighted by atomic mass is 9.86. The first-order valence-electron chi connectivity index (χ1n) is 7.59. The number of hydrogen-bond acceptors (Lipinski definition) is 4. The molecule has 0 saturated carbocycles. The Morgan fingerprint density at radius 3 is 2.36 bits per heavy atom. The molecule has 25 heavy (non-hydrogen) atoms. The fraction of sp³-hybridized carbons (Fsp3) is 0.650. The molecule has 0 aliphatic carbocycles. The topological polar surface area (TPSA) is 67.8 Å². The highest BCUT2D eigenvalue weighted by Gasteiger charge is 2.40. The van der Waals surface area contributed by atoms with Crippen molar-refractivity contribution in [2.45, 2.75) is 68.4 Å². The van der Waals surface area contributed by atoms with Crippen LogP contribution in [0.5, 0.6) is 11.5 Å². The number of fused-ring (bicyclic) bond motifs is 1. The van der Waals surface area contributed by atoms with Crippen LogP contribution < -0.4 is 10.1 Å². The van der Waals surface area contributed by atoms with Crippen LogP contribution in [-0.4, -0.2) is 36.9 Å². The Labute approximate surface area is 153 Å². The van der Waals surface area contributed by atoms with Crippen molar-refractivity contribution in [2.24, 2.45) is 0 Å². The number of carbonyl (C=O) groups is 1. The van der Waals surface area contributed by atoms with Gasteiger partial charge in [0.1, 0.15) is 11.5 Å². The summed E-state index contributed by atoms with van der Waals surface area (Å²) in [7, 11) is 1.60. The molecule has 1 aliphatic heterocycles. The maximum absolute atomic E-state index is 12.4. The molecule has 2 rings (SSSR count). The molecule has 0 fully saturated rings. The number of carbonyl (C=O) groups excluding carboxylic acids is 1. The number of benzene rings is 1. The molecule has 1 heterocycles. The largest absolute Gasteiger partial charge is 0.507 e. The van der Waals surface area contributed by atoms with E-state index in [4.69, 9.17) is 9.47 Å². The maximum Gasteiger partial charge on any atom is 0.263 e. The van der Waals surface area contributed by atoms with Gasteiger partial charge in [-0.25, -0.2) is 0 Å². The van der Waals surface area contributed by atoms with Gasteiger partial charge in [0.25, 0.3) is 5.91 Å². The number of amides is 1. The number of rotatable bonds is 4. The minimum absolute atomic E-state index is 0. The number of ether oxygens (including phenoxy) is 2. The quantitative estimate of drug-likeness (QED) is 0.799. The lowest BCUT2D eigenvalue weighted by Gasteiger charge is -2.36. The molecule has 5 heteroatoms. The van der Waals surface area contributed by atoms with Gasteiger partial charge < -0.3 is 19.9 Å². The van der Waals surface area contributed by atoms with Gasteiger partial charge >= 0.3 is 0 Å². The summed E-state index contributed by atoms with van der Waals surface area (Å²) in [4.78, 5) is 12.4. The van der Waals surface area contributed by atoms with E-state index >= 15 is 0 Å². The third kappa shape index (κ3) is 4.66. The normalized spacial score (nSPS) is 17.8. The molecule has 0 bridgehead atoms. The predicted octanol–water partition coefficient (Wildman–Crippen LogP) is 4.07. The second-order valence-corrected chi connectivity index (χ2v) is 6.11. The SMILES string of the molecule is C.C.C.COCCNC(=O)C1(C)CCc2c(C)c(O)c(C)c(C)c2O1. The minimum Gasteiger partial charge on any atom is -0.507 e. The molecule has 0 spiro atoms. The number of aromatic hydroxyl groups is 1. The Balaban J connectivity index is 0. The zero-order chi connectivity index (χ0) is 16.5. The smallest absolute Gasteiger partial charge is 0.263 e. The van der Waals surface area contributed by atoms with E-state index in [1.54, 1.807) is 7.11 Å². The Morgan fingerprint density at radius 2 is 1.80 bits per heavy atom. The predicted molar refractivity (Wildman–Crippen MR) is 105 cm³/mol. The molecule has 2 N–H and O–H groups in total. The molecule has 0 saturated heterocycles. The maximum atomic E-state index is 12.4. The van der Waals surface area contributed by atoms with Gasteiger partial charge in [0, 0.05) is 25.6 Å². The third-order valence-corrected chi connectivity index (χ3v) is 4.59. The van der Waals surface area contributed by atoms with Gasteiger partial charge in [-0.05, 0) is 50.8 Å². The molecule has 1 aromatic carbocycles. The first-order valence-corrected chi connectivity index (χ1v) is 7.59. The van der Waals surface area contributed by atoms with Gasteiger partial charge in [-0.15, -0.1) is 0 Å². The molecule has 5 nitrogen and oxygen atoms in total. The van der Waals surface area contributed by atoms with Gasteiger partial charge in [-0.1, -0.05) is 22.3 Å². The fourth-order valence-electron chi connectivity index (χ4n) is 2.86. The highest BCUT2D eigenvalue weighted by atomic mass is 16.5. The molecular formula is C20H37NO4. The Hall–Kier alpha value is -1.75. The lowest BCUT2D eigenvalue weighted by molar-refractivity contribution is -0.137. The van der Waals surface area contributed by atoms with Crippen LogP contribution in [0.1, 0.15) is 57.9 Å². The first kappa shape index (κ1) is 25.5. The number of phenols is 1. The highest BCUT2D eigenvalue weighted by molar-refractivity contribution is 5.85. The lowest BCUT2D eigenvalue weighted by Crippen LogP contribution is -2.51. The summed E-state index contributed by atoms with van der Waals surface area (Å²) in [6.07, 6.45) is 1.30. The Kier molecular flexibility index (Phi) is 9.85. The summed E-state index contributed by atoms with van der Waals surface area (Å²) < 4.78 is 11.0. The number of nitrogens with one attached hydrogen (secondary N) is 1. The molecular weight excluding hydrogens is 318 g/mol. The van der Waals surface area contributed by atoms with Crippen molar-refractivity contribution in [1.29, 1.82) is 0 Å². The van der Waals surface area contributed by atoms with Gasteiger partial charge in [0.15, 0.2) is 5.60 Å². The van der Waals surface area contributed by atoms with Crippen molar-refractivity contribution in [3.63, 3.8) is 0 Å². The van der Waals surface area contributed by atoms with Crippen LogP contribution >= 0.6 is 0 Å². The van der Waals surface area contributed by atoms with E-state index in [9.17, 15) is 9.90 Å². The van der Waals surface area contributed by atoms with E-state index in [0.717, 1.165) is 28.0 Å². The average Bonchev–Trinajstić information content (AvgIpc) is 2.51. The summed E-state index contributed by atoms with van der Waals surface area (Å²) in [6.45, 7) is 8.44. The monoisotopic (exact) mass is 355 g/mol. The van der Waals surface area contributed by atoms with Crippen molar-refractivity contribution < 1.29 is 19.4 Å². The van der Waals surface area contributed by atoms with Crippen molar-refractivity contribution >= 4 is 5.91 Å². The van der Waals surface area contributed by atoms with Gasteiger partial charge in [0.2, 0.25) is 0 Å². The molecule has 1 aromatic rings. The van der Waals surface area contributed by atoms with E-state index < -0.39 is 5.60 Å². The molecule has 1 amide bonds. The van der Waals surface area contributed by atoms with Gasteiger partial charge in [-0.3, -0.25) is 4.79 Å². The second-order valence-electron chi connectivity index (χ2n) is 6.11. The van der Waals surface area contributed by atoms with Crippen LogP contribution in [0.15, 0.2) is 0 Å². The van der Waals surface area contributed by atoms with Crippen LogP contribution in [0, 0.1) is 20.8 Å². The standard InChI is InChI=1S/C17H25NO4.3CH4/c1-10-11(2)15-13(12(3)14(10)19)6-7-17(4,22-15)16(20)18-8-9-21-5;;;/h19H,6-9H2,1-5H3,(H,18,20);3*1H4. The van der Waals surface area contributed by atoms with Crippen molar-refractivity contribution in [3.05, 3.63) is 22.3 Å². The molecule has 1 aliphatic rings. The van der Waals surface area contributed by atoms with Crippen LogP contribution in [-0.2, 0) is 16.0 Å². The number of methoxy groups -OCH3 is 1. The van der Waals surface area contributed by atoms with Crippen molar-refractivity contribution in [1.82, 2.24) is 5.32 Å². The molecule has 0 radical (unpaired) electrons. The van der Waals surface area contributed by atoms with Crippen molar-refractivity contribution in [2.75, 3.05) is 20.3 Å². The zero-order valence-electron chi connectivity index (χ0n) is 14.0. The van der Waals surface area contributed by atoms with E-state index in [0.29, 0.717) is 31.7 Å². The third-order valence-electron chi connectivity index (χ3n) is 4.59. The Bertz CT molecular complexity index is 598. The number of hydrogen-bond donors (Lipinski definition) is 2. The first-order chi connectivity index (χ1) is 10.3. The fourth-order valence-corrected chi connectivity index (χ4v) is 2.86.